The molecule has 1 aromatic carbocycles. The largest absolute Gasteiger partial charge is 0.392 e. The van der Waals surface area contributed by atoms with E-state index in [9.17, 15) is 4.79 Å². The first-order valence-electron chi connectivity index (χ1n) is 4.65. The Morgan fingerprint density at radius 2 is 2.19 bits per heavy atom. The van der Waals surface area contributed by atoms with E-state index >= 15 is 0 Å². The van der Waals surface area contributed by atoms with Crippen LogP contribution in [0.25, 0.3) is 10.8 Å². The van der Waals surface area contributed by atoms with Gasteiger partial charge in [0.15, 0.2) is 0 Å². The predicted molar refractivity (Wildman–Crippen MR) is 72.7 cm³/mol. The Bertz CT molecular complexity index is 621. The molecule has 5 heteroatoms. The summed E-state index contributed by atoms with van der Waals surface area (Å²) in [6, 6.07) is 7.41. The third kappa shape index (κ3) is 2.15. The van der Waals surface area contributed by atoms with Gasteiger partial charge < -0.3 is 10.3 Å². The zero-order chi connectivity index (χ0) is 11.7. The summed E-state index contributed by atoms with van der Waals surface area (Å²) in [6.07, 6.45) is 1.70. The quantitative estimate of drug-likeness (QED) is 0.863. The molecule has 1 heterocycles. The lowest BCUT2D eigenvalue weighted by Gasteiger charge is -2.05. The van der Waals surface area contributed by atoms with Crippen molar-refractivity contribution in [2.45, 2.75) is 6.54 Å². The van der Waals surface area contributed by atoms with Gasteiger partial charge in [0.25, 0.3) is 5.56 Å². The summed E-state index contributed by atoms with van der Waals surface area (Å²) >= 11 is 8.16. The smallest absolute Gasteiger partial charge is 0.258 e. The Hall–Kier alpha value is -1.20. The molecular weight excluding hydrogens is 288 g/mol. The van der Waals surface area contributed by atoms with Crippen molar-refractivity contribution in [3.63, 3.8) is 0 Å². The SMILES string of the molecule is NC(=S)Cn1ccc2cc(Br)ccc2c1=O. The number of hydrogen-bond acceptors (Lipinski definition) is 2. The predicted octanol–water partition coefficient (Wildman–Crippen LogP) is 2.05. The van der Waals surface area contributed by atoms with E-state index in [1.165, 1.54) is 4.57 Å². The third-order valence-corrected chi connectivity index (χ3v) is 2.89. The van der Waals surface area contributed by atoms with Gasteiger partial charge in [0, 0.05) is 16.1 Å². The van der Waals surface area contributed by atoms with Crippen molar-refractivity contribution < 1.29 is 0 Å². The Morgan fingerprint density at radius 3 is 2.88 bits per heavy atom. The van der Waals surface area contributed by atoms with E-state index in [1.807, 2.05) is 18.2 Å². The molecule has 0 spiro atoms. The molecular formula is C11H9BrN2OS. The molecule has 0 atom stereocenters. The first kappa shape index (κ1) is 11.3. The highest BCUT2D eigenvalue weighted by molar-refractivity contribution is 9.10. The van der Waals surface area contributed by atoms with Crippen molar-refractivity contribution >= 4 is 43.9 Å². The first-order chi connectivity index (χ1) is 7.58. The van der Waals surface area contributed by atoms with Crippen LogP contribution in [0, 0.1) is 0 Å². The number of aromatic nitrogens is 1. The summed E-state index contributed by atoms with van der Waals surface area (Å²) in [5.74, 6) is 0. The fourth-order valence-corrected chi connectivity index (χ4v) is 2.07. The molecule has 3 nitrogen and oxygen atoms in total. The summed E-state index contributed by atoms with van der Waals surface area (Å²) in [5.41, 5.74) is 5.35. The highest BCUT2D eigenvalue weighted by atomic mass is 79.9. The summed E-state index contributed by atoms with van der Waals surface area (Å²) in [4.78, 5) is 12.3. The molecule has 0 unspecified atom stereocenters. The molecule has 2 N–H and O–H groups in total. The lowest BCUT2D eigenvalue weighted by atomic mass is 10.2. The van der Waals surface area contributed by atoms with Gasteiger partial charge in [0.1, 0.15) is 0 Å². The Labute approximate surface area is 106 Å². The molecule has 0 radical (unpaired) electrons. The van der Waals surface area contributed by atoms with E-state index in [0.717, 1.165) is 9.86 Å². The van der Waals surface area contributed by atoms with Crippen LogP contribution in [0.1, 0.15) is 0 Å². The number of thiocarbonyl (C=S) groups is 1. The van der Waals surface area contributed by atoms with Crippen molar-refractivity contribution in [3.8, 4) is 0 Å². The molecule has 0 amide bonds. The summed E-state index contributed by atoms with van der Waals surface area (Å²) in [5, 5.41) is 1.57. The molecule has 1 aromatic heterocycles. The van der Waals surface area contributed by atoms with Crippen LogP contribution in [0.4, 0.5) is 0 Å². The number of fused-ring (bicyclic) bond motifs is 1. The Kier molecular flexibility index (Phi) is 3.07. The molecule has 82 valence electrons. The van der Waals surface area contributed by atoms with Gasteiger partial charge >= 0.3 is 0 Å². The van der Waals surface area contributed by atoms with Crippen LogP contribution in [-0.2, 0) is 6.54 Å². The molecule has 16 heavy (non-hydrogen) atoms. The second kappa shape index (κ2) is 4.35. The molecule has 0 aliphatic rings. The van der Waals surface area contributed by atoms with Crippen LogP contribution in [0.2, 0.25) is 0 Å². The number of benzene rings is 1. The summed E-state index contributed by atoms with van der Waals surface area (Å²) < 4.78 is 2.46. The maximum absolute atomic E-state index is 12.0. The number of halogens is 1. The zero-order valence-electron chi connectivity index (χ0n) is 8.31. The zero-order valence-corrected chi connectivity index (χ0v) is 10.7. The molecule has 2 aromatic rings. The number of nitrogens with two attached hydrogens (primary N) is 1. The molecule has 0 bridgehead atoms. The highest BCUT2D eigenvalue weighted by Crippen LogP contribution is 2.16. The molecule has 0 saturated heterocycles. The van der Waals surface area contributed by atoms with Crippen LogP contribution in [0.3, 0.4) is 0 Å². The average Bonchev–Trinajstić information content (AvgIpc) is 2.22. The minimum absolute atomic E-state index is 0.0715. The first-order valence-corrected chi connectivity index (χ1v) is 5.85. The van der Waals surface area contributed by atoms with Crippen LogP contribution in [0.5, 0.6) is 0 Å². The minimum atomic E-state index is -0.0715. The van der Waals surface area contributed by atoms with Crippen LogP contribution in [-0.4, -0.2) is 9.56 Å². The van der Waals surface area contributed by atoms with Crippen molar-refractivity contribution in [1.29, 1.82) is 0 Å². The van der Waals surface area contributed by atoms with Crippen molar-refractivity contribution in [3.05, 3.63) is 45.3 Å². The molecule has 0 saturated carbocycles. The van der Waals surface area contributed by atoms with E-state index in [1.54, 1.807) is 12.3 Å². The van der Waals surface area contributed by atoms with E-state index < -0.39 is 0 Å². The standard InChI is InChI=1S/C11H9BrN2OS/c12-8-1-2-9-7(5-8)3-4-14(11(9)15)6-10(13)16/h1-5H,6H2,(H2,13,16). The van der Waals surface area contributed by atoms with Gasteiger partial charge in [-0.05, 0) is 29.7 Å². The minimum Gasteiger partial charge on any atom is -0.392 e. The second-order valence-electron chi connectivity index (χ2n) is 3.45. The van der Waals surface area contributed by atoms with Gasteiger partial charge in [0.2, 0.25) is 0 Å². The van der Waals surface area contributed by atoms with Crippen LogP contribution < -0.4 is 11.3 Å². The fourth-order valence-electron chi connectivity index (χ4n) is 1.55. The van der Waals surface area contributed by atoms with Crippen LogP contribution in [0.15, 0.2) is 39.7 Å². The third-order valence-electron chi connectivity index (χ3n) is 2.27. The second-order valence-corrected chi connectivity index (χ2v) is 4.89. The maximum Gasteiger partial charge on any atom is 0.258 e. The number of pyridine rings is 1. The van der Waals surface area contributed by atoms with E-state index in [2.05, 4.69) is 15.9 Å². The van der Waals surface area contributed by atoms with Gasteiger partial charge in [-0.3, -0.25) is 4.79 Å². The lowest BCUT2D eigenvalue weighted by molar-refractivity contribution is 0.819. The maximum atomic E-state index is 12.0. The molecule has 2 rings (SSSR count). The lowest BCUT2D eigenvalue weighted by Crippen LogP contribution is -2.26. The fraction of sp³-hybridized carbons (Fsp3) is 0.0909. The molecule has 0 aliphatic carbocycles. The van der Waals surface area contributed by atoms with Crippen molar-refractivity contribution in [1.82, 2.24) is 4.57 Å². The van der Waals surface area contributed by atoms with Gasteiger partial charge in [-0.25, -0.2) is 0 Å². The van der Waals surface area contributed by atoms with Gasteiger partial charge in [-0.2, -0.15) is 0 Å². The Morgan fingerprint density at radius 1 is 1.44 bits per heavy atom. The summed E-state index contributed by atoms with van der Waals surface area (Å²) in [7, 11) is 0. The Balaban J connectivity index is 2.66. The highest BCUT2D eigenvalue weighted by Gasteiger charge is 2.03. The van der Waals surface area contributed by atoms with Crippen LogP contribution >= 0.6 is 28.1 Å². The van der Waals surface area contributed by atoms with Crippen molar-refractivity contribution in [2.24, 2.45) is 5.73 Å². The molecule has 0 aliphatic heterocycles. The monoisotopic (exact) mass is 296 g/mol. The van der Waals surface area contributed by atoms with Gasteiger partial charge in [-0.1, -0.05) is 28.1 Å². The molecule has 0 fully saturated rings. The van der Waals surface area contributed by atoms with Gasteiger partial charge in [0.05, 0.1) is 11.5 Å². The normalized spacial score (nSPS) is 10.6. The van der Waals surface area contributed by atoms with E-state index in [-0.39, 0.29) is 12.1 Å². The number of rotatable bonds is 2. The summed E-state index contributed by atoms with van der Waals surface area (Å²) in [6.45, 7) is 0.278. The van der Waals surface area contributed by atoms with Crippen molar-refractivity contribution in [2.75, 3.05) is 0 Å². The number of nitrogens with zero attached hydrogens (tertiary/aromatic N) is 1. The topological polar surface area (TPSA) is 48.0 Å². The van der Waals surface area contributed by atoms with E-state index in [4.69, 9.17) is 18.0 Å². The van der Waals surface area contributed by atoms with E-state index in [0.29, 0.717) is 10.4 Å². The van der Waals surface area contributed by atoms with Gasteiger partial charge in [-0.15, -0.1) is 0 Å². The number of hydrogen-bond donors (Lipinski definition) is 1. The average molecular weight is 297 g/mol.